The molecule has 9 heteroatoms. The number of anilines is 1. The molecule has 0 saturated heterocycles. The summed E-state index contributed by atoms with van der Waals surface area (Å²) in [5, 5.41) is 11.6. The lowest BCUT2D eigenvalue weighted by atomic mass is 9.80. The van der Waals surface area contributed by atoms with E-state index in [9.17, 15) is 13.2 Å². The van der Waals surface area contributed by atoms with Gasteiger partial charge in [0.2, 0.25) is 0 Å². The van der Waals surface area contributed by atoms with E-state index in [1.54, 1.807) is 30.3 Å². The molecule has 0 spiro atoms. The van der Waals surface area contributed by atoms with Gasteiger partial charge in [-0.15, -0.1) is 0 Å². The van der Waals surface area contributed by atoms with Crippen molar-refractivity contribution in [3.05, 3.63) is 83.7 Å². The molecular formula is C27H34N4O4S. The minimum Gasteiger partial charge on any atom is -0.480 e. The molecule has 1 aromatic carbocycles. The Labute approximate surface area is 213 Å². The summed E-state index contributed by atoms with van der Waals surface area (Å²) >= 11 is 0. The Bertz CT molecular complexity index is 1250. The Hall–Kier alpha value is -3.30. The number of carbonyl (C=O) groups is 1. The fourth-order valence-corrected chi connectivity index (χ4v) is 5.12. The molecule has 2 aromatic heterocycles. The zero-order chi connectivity index (χ0) is 26.2. The summed E-state index contributed by atoms with van der Waals surface area (Å²) in [5.41, 5.74) is 2.71. The third kappa shape index (κ3) is 7.60. The Morgan fingerprint density at radius 2 is 1.81 bits per heavy atom. The summed E-state index contributed by atoms with van der Waals surface area (Å²) in [6.07, 6.45) is 5.18. The van der Waals surface area contributed by atoms with Gasteiger partial charge in [0.15, 0.2) is 5.03 Å². The number of carboxylic acid groups (broad SMARTS) is 1. The van der Waals surface area contributed by atoms with Crippen LogP contribution in [0.3, 0.4) is 0 Å². The lowest BCUT2D eigenvalue weighted by molar-refractivity contribution is -0.134. The van der Waals surface area contributed by atoms with Crippen molar-refractivity contribution in [1.82, 2.24) is 14.7 Å². The van der Waals surface area contributed by atoms with E-state index in [2.05, 4.69) is 52.9 Å². The van der Waals surface area contributed by atoms with Gasteiger partial charge in [-0.3, -0.25) is 4.79 Å². The molecule has 0 fully saturated rings. The van der Waals surface area contributed by atoms with Crippen LogP contribution in [0.1, 0.15) is 62.9 Å². The summed E-state index contributed by atoms with van der Waals surface area (Å²) in [6.45, 7) is 6.36. The molecule has 1 atom stereocenters. The maximum absolute atomic E-state index is 13.1. The molecule has 192 valence electrons. The molecule has 8 nitrogen and oxygen atoms in total. The van der Waals surface area contributed by atoms with Crippen LogP contribution < -0.4 is 10.0 Å². The number of pyridine rings is 2. The monoisotopic (exact) mass is 510 g/mol. The molecular weight excluding hydrogens is 476 g/mol. The second-order valence-electron chi connectivity index (χ2n) is 9.43. The number of carboxylic acids is 1. The van der Waals surface area contributed by atoms with Crippen LogP contribution in [0.5, 0.6) is 0 Å². The molecule has 3 rings (SSSR count). The van der Waals surface area contributed by atoms with E-state index in [0.717, 1.165) is 24.8 Å². The number of unbranched alkanes of at least 4 members (excludes halogenated alkanes) is 1. The number of aliphatic carboxylic acids is 1. The SMILES string of the molecule is CCCCC(C)(C)c1ccc(CC(NS(=O)(=O)c2ccccn2)c2cccc(NCC(=O)O)n2)cc1. The first-order chi connectivity index (χ1) is 17.1. The summed E-state index contributed by atoms with van der Waals surface area (Å²) in [4.78, 5) is 19.4. The van der Waals surface area contributed by atoms with Gasteiger partial charge in [-0.2, -0.15) is 0 Å². The molecule has 0 amide bonds. The smallest absolute Gasteiger partial charge is 0.322 e. The minimum absolute atomic E-state index is 0.0558. The van der Waals surface area contributed by atoms with Gasteiger partial charge >= 0.3 is 5.97 Å². The number of benzene rings is 1. The van der Waals surface area contributed by atoms with Crippen LogP contribution in [0, 0.1) is 0 Å². The van der Waals surface area contributed by atoms with Gasteiger partial charge in [0, 0.05) is 6.20 Å². The highest BCUT2D eigenvalue weighted by Crippen LogP contribution is 2.30. The van der Waals surface area contributed by atoms with E-state index >= 15 is 0 Å². The molecule has 2 heterocycles. The molecule has 3 N–H and O–H groups in total. The van der Waals surface area contributed by atoms with E-state index in [1.807, 2.05) is 12.1 Å². The van der Waals surface area contributed by atoms with Gasteiger partial charge in [-0.25, -0.2) is 23.1 Å². The summed E-state index contributed by atoms with van der Waals surface area (Å²) < 4.78 is 28.9. The van der Waals surface area contributed by atoms with E-state index < -0.39 is 22.0 Å². The van der Waals surface area contributed by atoms with Gasteiger partial charge in [0.25, 0.3) is 10.0 Å². The zero-order valence-electron chi connectivity index (χ0n) is 20.9. The van der Waals surface area contributed by atoms with Crippen LogP contribution >= 0.6 is 0 Å². The van der Waals surface area contributed by atoms with Crippen LogP contribution in [0.25, 0.3) is 0 Å². The first-order valence-electron chi connectivity index (χ1n) is 12.1. The number of nitrogens with zero attached hydrogens (tertiary/aromatic N) is 2. The number of rotatable bonds is 13. The highest BCUT2D eigenvalue weighted by atomic mass is 32.2. The molecule has 0 aliphatic heterocycles. The molecule has 3 aromatic rings. The molecule has 36 heavy (non-hydrogen) atoms. The fourth-order valence-electron chi connectivity index (χ4n) is 3.96. The standard InChI is InChI=1S/C27H34N4O4S/c1-4-5-16-27(2,3)21-14-12-20(13-15-21)18-23(31-36(34,35)25-11-6-7-17-28-25)22-9-8-10-24(30-22)29-19-26(32)33/h6-15,17,23,31H,4-5,16,18-19H2,1-3H3,(H,29,30)(H,32,33). The first-order valence-corrected chi connectivity index (χ1v) is 13.5. The molecule has 1 unspecified atom stereocenters. The minimum atomic E-state index is -3.92. The van der Waals surface area contributed by atoms with E-state index in [4.69, 9.17) is 5.11 Å². The largest absolute Gasteiger partial charge is 0.480 e. The Balaban J connectivity index is 1.89. The van der Waals surface area contributed by atoms with Crippen molar-refractivity contribution >= 4 is 21.8 Å². The maximum atomic E-state index is 13.1. The number of nitrogens with one attached hydrogen (secondary N) is 2. The average molecular weight is 511 g/mol. The summed E-state index contributed by atoms with van der Waals surface area (Å²) in [5.74, 6) is -0.665. The van der Waals surface area contributed by atoms with Crippen molar-refractivity contribution in [2.24, 2.45) is 0 Å². The Morgan fingerprint density at radius 1 is 1.06 bits per heavy atom. The van der Waals surface area contributed by atoms with Gasteiger partial charge in [0.05, 0.1) is 11.7 Å². The second-order valence-corrected chi connectivity index (χ2v) is 11.1. The van der Waals surface area contributed by atoms with Crippen molar-refractivity contribution in [2.45, 2.75) is 62.9 Å². The van der Waals surface area contributed by atoms with Gasteiger partial charge in [0.1, 0.15) is 12.4 Å². The van der Waals surface area contributed by atoms with Crippen molar-refractivity contribution in [1.29, 1.82) is 0 Å². The number of hydrogen-bond acceptors (Lipinski definition) is 6. The van der Waals surface area contributed by atoms with Crippen LogP contribution in [0.15, 0.2) is 71.9 Å². The fraction of sp³-hybridized carbons (Fsp3) is 0.370. The average Bonchev–Trinajstić information content (AvgIpc) is 2.87. The third-order valence-electron chi connectivity index (χ3n) is 6.09. The van der Waals surface area contributed by atoms with Gasteiger partial charge < -0.3 is 10.4 Å². The first kappa shape index (κ1) is 27.3. The molecule has 0 aliphatic carbocycles. The molecule has 0 radical (unpaired) electrons. The highest BCUT2D eigenvalue weighted by molar-refractivity contribution is 7.89. The predicted octanol–water partition coefficient (Wildman–Crippen LogP) is 4.70. The van der Waals surface area contributed by atoms with E-state index in [1.165, 1.54) is 17.8 Å². The van der Waals surface area contributed by atoms with Gasteiger partial charge in [-0.05, 0) is 53.6 Å². The number of hydrogen-bond donors (Lipinski definition) is 3. The third-order valence-corrected chi connectivity index (χ3v) is 7.48. The maximum Gasteiger partial charge on any atom is 0.322 e. The van der Waals surface area contributed by atoms with Crippen molar-refractivity contribution in [3.8, 4) is 0 Å². The van der Waals surface area contributed by atoms with Crippen molar-refractivity contribution < 1.29 is 18.3 Å². The van der Waals surface area contributed by atoms with E-state index in [-0.39, 0.29) is 17.0 Å². The Kier molecular flexibility index (Phi) is 9.17. The topological polar surface area (TPSA) is 121 Å². The number of sulfonamides is 1. The normalized spacial score (nSPS) is 12.8. The van der Waals surface area contributed by atoms with E-state index in [0.29, 0.717) is 17.9 Å². The predicted molar refractivity (Wildman–Crippen MR) is 140 cm³/mol. The lowest BCUT2D eigenvalue weighted by Gasteiger charge is -2.26. The molecule has 0 aliphatic rings. The molecule has 0 saturated carbocycles. The number of aromatic nitrogens is 2. The van der Waals surface area contributed by atoms with Crippen LogP contribution in [0.2, 0.25) is 0 Å². The van der Waals surface area contributed by atoms with Crippen molar-refractivity contribution in [2.75, 3.05) is 11.9 Å². The Morgan fingerprint density at radius 3 is 2.44 bits per heavy atom. The van der Waals surface area contributed by atoms with Crippen LogP contribution in [-0.2, 0) is 26.7 Å². The summed E-state index contributed by atoms with van der Waals surface area (Å²) in [7, 11) is -3.92. The quantitative estimate of drug-likeness (QED) is 0.305. The summed E-state index contributed by atoms with van der Waals surface area (Å²) in [6, 6.07) is 17.4. The van der Waals surface area contributed by atoms with Gasteiger partial charge in [-0.1, -0.05) is 70.0 Å². The molecule has 0 bridgehead atoms. The zero-order valence-corrected chi connectivity index (χ0v) is 21.8. The van der Waals surface area contributed by atoms with Crippen molar-refractivity contribution in [3.63, 3.8) is 0 Å². The van der Waals surface area contributed by atoms with Crippen LogP contribution in [-0.4, -0.2) is 36.0 Å². The highest BCUT2D eigenvalue weighted by Gasteiger charge is 2.25. The van der Waals surface area contributed by atoms with Crippen LogP contribution in [0.4, 0.5) is 5.82 Å². The lowest BCUT2D eigenvalue weighted by Crippen LogP contribution is -2.31. The second kappa shape index (κ2) is 12.1.